The monoisotopic (exact) mass is 499 g/mol. The predicted molar refractivity (Wildman–Crippen MR) is 136 cm³/mol. The molecule has 0 spiro atoms. The minimum Gasteiger partial charge on any atom is -0.317 e. The lowest BCUT2D eigenvalue weighted by molar-refractivity contribution is -0.119. The second-order valence-corrected chi connectivity index (χ2v) is 12.8. The van der Waals surface area contributed by atoms with Gasteiger partial charge in [0, 0.05) is 45.9 Å². The van der Waals surface area contributed by atoms with Gasteiger partial charge in [0.2, 0.25) is 0 Å². The van der Waals surface area contributed by atoms with Gasteiger partial charge in [0.15, 0.2) is 11.6 Å². The van der Waals surface area contributed by atoms with Crippen LogP contribution in [0.3, 0.4) is 0 Å². The molecule has 0 atom stereocenters. The van der Waals surface area contributed by atoms with Gasteiger partial charge >= 0.3 is 0 Å². The third-order valence-electron chi connectivity index (χ3n) is 6.90. The molecular weight excluding hydrogens is 473 g/mol. The molecule has 0 fully saturated rings. The molecule has 0 saturated heterocycles. The summed E-state index contributed by atoms with van der Waals surface area (Å²) in [7, 11) is 0. The van der Waals surface area contributed by atoms with Crippen molar-refractivity contribution >= 4 is 51.8 Å². The van der Waals surface area contributed by atoms with E-state index >= 15 is 0 Å². The van der Waals surface area contributed by atoms with Crippen molar-refractivity contribution in [2.75, 3.05) is 4.90 Å². The molecule has 6 heteroatoms. The highest BCUT2D eigenvalue weighted by Gasteiger charge is 2.49. The first-order chi connectivity index (χ1) is 15.5. The van der Waals surface area contributed by atoms with E-state index in [1.165, 1.54) is 0 Å². The summed E-state index contributed by atoms with van der Waals surface area (Å²) < 4.78 is 0. The summed E-state index contributed by atoms with van der Waals surface area (Å²) >= 11 is 14.3. The van der Waals surface area contributed by atoms with Crippen molar-refractivity contribution in [2.24, 2.45) is 10.8 Å². The van der Waals surface area contributed by atoms with Crippen molar-refractivity contribution in [3.63, 3.8) is 0 Å². The van der Waals surface area contributed by atoms with Crippen molar-refractivity contribution in [3.05, 3.63) is 73.2 Å². The number of halogens is 2. The SMILES string of the molecule is CC1(C)CC(=O)C2=C(C1)N(c1ccc(Cl)c(Cl)c1)C1=C(C(=O)CC(C)(C)C1)C2c1cccs1. The van der Waals surface area contributed by atoms with Crippen LogP contribution in [0.2, 0.25) is 10.0 Å². The van der Waals surface area contributed by atoms with Gasteiger partial charge in [0.25, 0.3) is 0 Å². The van der Waals surface area contributed by atoms with Gasteiger partial charge in [-0.15, -0.1) is 11.3 Å². The lowest BCUT2D eigenvalue weighted by Gasteiger charge is -2.48. The van der Waals surface area contributed by atoms with E-state index < -0.39 is 0 Å². The number of carbonyl (C=O) groups is 2. The topological polar surface area (TPSA) is 37.4 Å². The molecule has 0 unspecified atom stereocenters. The Morgan fingerprint density at radius 2 is 1.42 bits per heavy atom. The molecule has 2 aliphatic carbocycles. The first-order valence-electron chi connectivity index (χ1n) is 11.3. The predicted octanol–water partition coefficient (Wildman–Crippen LogP) is 7.95. The highest BCUT2D eigenvalue weighted by molar-refractivity contribution is 7.10. The third-order valence-corrected chi connectivity index (χ3v) is 8.58. The fraction of sp³-hybridized carbons (Fsp3) is 0.407. The van der Waals surface area contributed by atoms with Crippen LogP contribution >= 0.6 is 34.5 Å². The van der Waals surface area contributed by atoms with Crippen molar-refractivity contribution in [3.8, 4) is 0 Å². The number of hydrogen-bond acceptors (Lipinski definition) is 4. The summed E-state index contributed by atoms with van der Waals surface area (Å²) in [5, 5.41) is 2.97. The van der Waals surface area contributed by atoms with E-state index in [0.29, 0.717) is 22.9 Å². The molecule has 1 aromatic carbocycles. The molecule has 0 amide bonds. The molecule has 33 heavy (non-hydrogen) atoms. The zero-order valence-electron chi connectivity index (χ0n) is 19.3. The quantitative estimate of drug-likeness (QED) is 0.420. The molecule has 5 rings (SSSR count). The Morgan fingerprint density at radius 3 is 1.91 bits per heavy atom. The van der Waals surface area contributed by atoms with Gasteiger partial charge in [-0.05, 0) is 53.3 Å². The van der Waals surface area contributed by atoms with Gasteiger partial charge in [-0.3, -0.25) is 9.59 Å². The Hall–Kier alpha value is -1.88. The van der Waals surface area contributed by atoms with Crippen molar-refractivity contribution in [1.82, 2.24) is 0 Å². The average Bonchev–Trinajstić information content (AvgIpc) is 3.21. The van der Waals surface area contributed by atoms with Gasteiger partial charge in [0.05, 0.1) is 16.0 Å². The number of nitrogens with zero attached hydrogens (tertiary/aromatic N) is 1. The van der Waals surface area contributed by atoms with Crippen molar-refractivity contribution in [1.29, 1.82) is 0 Å². The Bertz CT molecular complexity index is 1180. The van der Waals surface area contributed by atoms with Crippen molar-refractivity contribution < 1.29 is 9.59 Å². The summed E-state index contributed by atoms with van der Waals surface area (Å²) in [5.74, 6) is -0.0241. The summed E-state index contributed by atoms with van der Waals surface area (Å²) in [6, 6.07) is 9.63. The van der Waals surface area contributed by atoms with Crippen LogP contribution < -0.4 is 4.90 Å². The van der Waals surface area contributed by atoms with Crippen LogP contribution in [-0.4, -0.2) is 11.6 Å². The molecule has 0 saturated carbocycles. The molecule has 1 aromatic heterocycles. The molecule has 172 valence electrons. The number of ketones is 2. The lowest BCUT2D eigenvalue weighted by atomic mass is 9.64. The highest BCUT2D eigenvalue weighted by Crippen LogP contribution is 2.56. The van der Waals surface area contributed by atoms with Gasteiger partial charge < -0.3 is 4.90 Å². The van der Waals surface area contributed by atoms with E-state index in [1.54, 1.807) is 17.4 Å². The number of benzene rings is 1. The third kappa shape index (κ3) is 3.90. The molecule has 2 aromatic rings. The maximum atomic E-state index is 13.7. The Balaban J connectivity index is 1.83. The van der Waals surface area contributed by atoms with Gasteiger partial charge in [-0.1, -0.05) is 57.0 Å². The molecule has 0 bridgehead atoms. The molecule has 3 aliphatic rings. The average molecular weight is 500 g/mol. The van der Waals surface area contributed by atoms with Gasteiger partial charge in [0.1, 0.15) is 0 Å². The number of allylic oxidation sites excluding steroid dienone is 4. The first-order valence-corrected chi connectivity index (χ1v) is 12.9. The number of hydrogen-bond donors (Lipinski definition) is 0. The van der Waals surface area contributed by atoms with Crippen LogP contribution in [0.5, 0.6) is 0 Å². The highest BCUT2D eigenvalue weighted by atomic mass is 35.5. The van der Waals surface area contributed by atoms with Crippen LogP contribution in [0.15, 0.2) is 58.3 Å². The van der Waals surface area contributed by atoms with Crippen LogP contribution in [0, 0.1) is 10.8 Å². The normalized spacial score (nSPS) is 22.5. The molecular formula is C27H27Cl2NO2S. The molecule has 1 aliphatic heterocycles. The zero-order valence-corrected chi connectivity index (χ0v) is 21.6. The van der Waals surface area contributed by atoms with Gasteiger partial charge in [-0.25, -0.2) is 0 Å². The zero-order chi connectivity index (χ0) is 23.7. The number of rotatable bonds is 2. The van der Waals surface area contributed by atoms with E-state index in [2.05, 4.69) is 38.7 Å². The Labute approximate surface area is 209 Å². The van der Waals surface area contributed by atoms with Crippen molar-refractivity contribution in [2.45, 2.75) is 59.3 Å². The smallest absolute Gasteiger partial charge is 0.162 e. The van der Waals surface area contributed by atoms with E-state index in [4.69, 9.17) is 23.2 Å². The molecule has 2 heterocycles. The molecule has 0 N–H and O–H groups in total. The van der Waals surface area contributed by atoms with Crippen LogP contribution in [0.4, 0.5) is 5.69 Å². The Kier molecular flexibility index (Phi) is 5.43. The maximum absolute atomic E-state index is 13.7. The number of Topliss-reactive ketones (excluding diaryl/α,β-unsaturated/α-hetero) is 2. The van der Waals surface area contributed by atoms with Crippen LogP contribution in [0.1, 0.15) is 64.2 Å². The fourth-order valence-electron chi connectivity index (χ4n) is 5.64. The summed E-state index contributed by atoms with van der Waals surface area (Å²) in [6.07, 6.45) is 2.46. The van der Waals surface area contributed by atoms with Crippen LogP contribution in [0.25, 0.3) is 0 Å². The van der Waals surface area contributed by atoms with E-state index in [0.717, 1.165) is 45.9 Å². The van der Waals surface area contributed by atoms with Crippen LogP contribution in [-0.2, 0) is 9.59 Å². The minimum absolute atomic E-state index is 0.133. The largest absolute Gasteiger partial charge is 0.317 e. The summed E-state index contributed by atoms with van der Waals surface area (Å²) in [4.78, 5) is 30.6. The maximum Gasteiger partial charge on any atom is 0.162 e. The molecule has 0 radical (unpaired) electrons. The minimum atomic E-state index is -0.291. The molecule has 3 nitrogen and oxygen atoms in total. The standard InChI is InChI=1S/C27H27Cl2NO2S/c1-26(2)11-18-23(20(31)13-26)25(22-6-5-9-33-22)24-19(12-27(3,4)14-21(24)32)30(18)15-7-8-16(28)17(29)10-15/h5-10,25H,11-14H2,1-4H3. The number of carbonyl (C=O) groups excluding carboxylic acids is 2. The fourth-order valence-corrected chi connectivity index (χ4v) is 6.78. The van der Waals surface area contributed by atoms with E-state index in [1.807, 2.05) is 23.6 Å². The number of anilines is 1. The summed E-state index contributed by atoms with van der Waals surface area (Å²) in [6.45, 7) is 8.56. The lowest BCUT2D eigenvalue weighted by Crippen LogP contribution is -2.44. The second-order valence-electron chi connectivity index (χ2n) is 11.0. The van der Waals surface area contributed by atoms with E-state index in [9.17, 15) is 9.59 Å². The second kappa shape index (κ2) is 7.83. The summed E-state index contributed by atoms with van der Waals surface area (Å²) in [5.41, 5.74) is 4.05. The first kappa shape index (κ1) is 22.9. The van der Waals surface area contributed by atoms with E-state index in [-0.39, 0.29) is 28.3 Å². The van der Waals surface area contributed by atoms with Gasteiger partial charge in [-0.2, -0.15) is 0 Å². The number of thiophene rings is 1. The Morgan fingerprint density at radius 1 is 0.848 bits per heavy atom.